The number of aliphatic hydroxyl groups is 1. The fraction of sp³-hybridized carbons (Fsp3) is 0.757. The molecule has 3 nitrogen and oxygen atoms in total. The topological polar surface area (TPSA) is 46.5 Å². The molecule has 0 aromatic heterocycles. The highest BCUT2D eigenvalue weighted by atomic mass is 16.5. The van der Waals surface area contributed by atoms with Gasteiger partial charge in [-0.25, -0.2) is 0 Å². The number of benzene rings is 1. The van der Waals surface area contributed by atoms with Crippen molar-refractivity contribution in [3.05, 3.63) is 47.5 Å². The lowest BCUT2D eigenvalue weighted by Crippen LogP contribution is -2.65. The van der Waals surface area contributed by atoms with Crippen molar-refractivity contribution < 1.29 is 14.6 Å². The molecule has 3 heteroatoms. The van der Waals surface area contributed by atoms with Crippen molar-refractivity contribution in [3.63, 3.8) is 0 Å². The second-order valence-electron chi connectivity index (χ2n) is 16.8. The Morgan fingerprint density at radius 2 is 1.57 bits per heavy atom. The molecule has 0 bridgehead atoms. The van der Waals surface area contributed by atoms with Gasteiger partial charge in [0.05, 0.1) is 11.5 Å². The van der Waals surface area contributed by atoms with Gasteiger partial charge in [-0.2, -0.15) is 0 Å². The van der Waals surface area contributed by atoms with E-state index in [2.05, 4.69) is 66.7 Å². The van der Waals surface area contributed by atoms with E-state index in [4.69, 9.17) is 4.74 Å². The molecule has 0 spiro atoms. The maximum atomic E-state index is 14.1. The summed E-state index contributed by atoms with van der Waals surface area (Å²) in [6.45, 7) is 17.6. The minimum absolute atomic E-state index is 0.0309. The second kappa shape index (κ2) is 9.19. The summed E-state index contributed by atoms with van der Waals surface area (Å²) in [5.41, 5.74) is 3.03. The van der Waals surface area contributed by atoms with Crippen LogP contribution >= 0.6 is 0 Å². The van der Waals surface area contributed by atoms with Crippen LogP contribution in [-0.2, 0) is 16.1 Å². The first-order valence-corrected chi connectivity index (χ1v) is 16.3. The van der Waals surface area contributed by atoms with Gasteiger partial charge in [-0.3, -0.25) is 4.79 Å². The zero-order valence-corrected chi connectivity index (χ0v) is 26.3. The van der Waals surface area contributed by atoms with E-state index < -0.39 is 5.41 Å². The molecule has 6 rings (SSSR count). The molecule has 8 atom stereocenters. The lowest BCUT2D eigenvalue weighted by atomic mass is 9.33. The van der Waals surface area contributed by atoms with E-state index in [1.807, 2.05) is 18.2 Å². The van der Waals surface area contributed by atoms with Crippen molar-refractivity contribution in [1.29, 1.82) is 0 Å². The highest BCUT2D eigenvalue weighted by Gasteiger charge is 2.69. The fourth-order valence-corrected chi connectivity index (χ4v) is 11.5. The van der Waals surface area contributed by atoms with Crippen LogP contribution in [0.4, 0.5) is 0 Å². The third kappa shape index (κ3) is 3.88. The Bertz CT molecular complexity index is 1180. The van der Waals surface area contributed by atoms with Gasteiger partial charge in [0.2, 0.25) is 0 Å². The average molecular weight is 547 g/mol. The predicted octanol–water partition coefficient (Wildman–Crippen LogP) is 8.89. The maximum absolute atomic E-state index is 14.1. The van der Waals surface area contributed by atoms with Crippen LogP contribution in [0.3, 0.4) is 0 Å². The minimum atomic E-state index is -0.392. The normalized spacial score (nSPS) is 45.1. The van der Waals surface area contributed by atoms with Crippen molar-refractivity contribution >= 4 is 5.97 Å². The van der Waals surface area contributed by atoms with Crippen LogP contribution < -0.4 is 0 Å². The SMILES string of the molecule is CC1(C)CC[C@]2(C(=O)OCc3ccccc3)CC[C@]3(C)C(=CC[C@@H]4[C@@]5(C)CC[C@H](O)C(C)(C)[C@@H]5CC[C@]43C)[C@@H]2C1. The molecule has 40 heavy (non-hydrogen) atoms. The molecule has 5 aliphatic carbocycles. The summed E-state index contributed by atoms with van der Waals surface area (Å²) in [5.74, 6) is 1.50. The van der Waals surface area contributed by atoms with Crippen LogP contribution in [0.2, 0.25) is 0 Å². The first-order valence-electron chi connectivity index (χ1n) is 16.3. The number of hydrogen-bond donors (Lipinski definition) is 1. The van der Waals surface area contributed by atoms with E-state index in [0.717, 1.165) is 56.9 Å². The van der Waals surface area contributed by atoms with Gasteiger partial charge in [0.1, 0.15) is 6.61 Å². The molecule has 1 aromatic carbocycles. The van der Waals surface area contributed by atoms with Crippen LogP contribution in [-0.4, -0.2) is 17.2 Å². The molecule has 0 heterocycles. The van der Waals surface area contributed by atoms with E-state index in [0.29, 0.717) is 18.4 Å². The Hall–Kier alpha value is -1.61. The predicted molar refractivity (Wildman–Crippen MR) is 161 cm³/mol. The first kappa shape index (κ1) is 28.5. The fourth-order valence-electron chi connectivity index (χ4n) is 11.5. The summed E-state index contributed by atoms with van der Waals surface area (Å²) in [4.78, 5) is 14.1. The first-order chi connectivity index (χ1) is 18.7. The summed E-state index contributed by atoms with van der Waals surface area (Å²) in [6, 6.07) is 10.2. The lowest BCUT2D eigenvalue weighted by Gasteiger charge is -2.71. The number of rotatable bonds is 3. The molecule has 0 saturated heterocycles. The standard InChI is InChI=1S/C37H54O3/c1-32(2)19-21-37(31(39)40-24-25-11-9-8-10-12-25)22-20-35(6)26(27(37)23-32)13-14-29-34(5)17-16-30(38)33(3,4)28(34)15-18-36(29,35)7/h8-13,27-30,38H,14-24H2,1-7H3/t27-,28-,29+,30-,34-,35+,36+,37-/m0/s1. The third-order valence-corrected chi connectivity index (χ3v) is 14.2. The molecule has 220 valence electrons. The van der Waals surface area contributed by atoms with E-state index in [9.17, 15) is 9.90 Å². The van der Waals surface area contributed by atoms with Gasteiger partial charge in [-0.1, -0.05) is 90.4 Å². The Balaban J connectivity index is 1.36. The largest absolute Gasteiger partial charge is 0.460 e. The van der Waals surface area contributed by atoms with Crippen LogP contribution in [0, 0.1) is 50.2 Å². The van der Waals surface area contributed by atoms with E-state index in [1.54, 1.807) is 5.57 Å². The zero-order chi connectivity index (χ0) is 28.8. The molecule has 0 radical (unpaired) electrons. The molecule has 4 saturated carbocycles. The second-order valence-corrected chi connectivity index (χ2v) is 16.8. The average Bonchev–Trinajstić information content (AvgIpc) is 2.90. The molecular weight excluding hydrogens is 492 g/mol. The monoisotopic (exact) mass is 546 g/mol. The van der Waals surface area contributed by atoms with E-state index in [1.165, 1.54) is 12.8 Å². The molecule has 5 aliphatic rings. The highest BCUT2D eigenvalue weighted by molar-refractivity contribution is 5.79. The molecule has 1 aromatic rings. The van der Waals surface area contributed by atoms with Crippen molar-refractivity contribution in [1.82, 2.24) is 0 Å². The summed E-state index contributed by atoms with van der Waals surface area (Å²) >= 11 is 0. The van der Waals surface area contributed by atoms with Crippen molar-refractivity contribution in [2.75, 3.05) is 0 Å². The number of carbonyl (C=O) groups excluding carboxylic acids is 1. The minimum Gasteiger partial charge on any atom is -0.460 e. The number of aliphatic hydroxyl groups excluding tert-OH is 1. The number of carbonyl (C=O) groups is 1. The van der Waals surface area contributed by atoms with Crippen molar-refractivity contribution in [2.24, 2.45) is 50.2 Å². The van der Waals surface area contributed by atoms with Gasteiger partial charge < -0.3 is 9.84 Å². The van der Waals surface area contributed by atoms with Gasteiger partial charge in [0.15, 0.2) is 0 Å². The maximum Gasteiger partial charge on any atom is 0.313 e. The van der Waals surface area contributed by atoms with Crippen molar-refractivity contribution in [2.45, 2.75) is 125 Å². The summed E-state index contributed by atoms with van der Waals surface area (Å²) in [6.07, 6.45) is 13.2. The lowest BCUT2D eigenvalue weighted by molar-refractivity contribution is -0.206. The van der Waals surface area contributed by atoms with Crippen LogP contribution in [0.1, 0.15) is 118 Å². The van der Waals surface area contributed by atoms with Crippen LogP contribution in [0.25, 0.3) is 0 Å². The summed E-state index contributed by atoms with van der Waals surface area (Å²) in [5, 5.41) is 11.0. The van der Waals surface area contributed by atoms with Gasteiger partial charge >= 0.3 is 5.97 Å². The quantitative estimate of drug-likeness (QED) is 0.304. The number of fused-ring (bicyclic) bond motifs is 7. The molecule has 0 amide bonds. The molecule has 4 fully saturated rings. The molecule has 1 N–H and O–H groups in total. The van der Waals surface area contributed by atoms with Crippen molar-refractivity contribution in [3.8, 4) is 0 Å². The third-order valence-electron chi connectivity index (χ3n) is 14.2. The Labute approximate surface area is 243 Å². The van der Waals surface area contributed by atoms with Gasteiger partial charge in [-0.05, 0) is 115 Å². The molecule has 0 aliphatic heterocycles. The smallest absolute Gasteiger partial charge is 0.313 e. The Kier molecular flexibility index (Phi) is 6.55. The zero-order valence-electron chi connectivity index (χ0n) is 26.3. The van der Waals surface area contributed by atoms with Crippen LogP contribution in [0.15, 0.2) is 42.0 Å². The van der Waals surface area contributed by atoms with Gasteiger partial charge in [-0.15, -0.1) is 0 Å². The number of allylic oxidation sites excluding steroid dienone is 2. The number of ether oxygens (including phenoxy) is 1. The summed E-state index contributed by atoms with van der Waals surface area (Å²) < 4.78 is 6.17. The summed E-state index contributed by atoms with van der Waals surface area (Å²) in [7, 11) is 0. The van der Waals surface area contributed by atoms with Gasteiger partial charge in [0, 0.05) is 0 Å². The number of esters is 1. The number of hydrogen-bond acceptors (Lipinski definition) is 3. The van der Waals surface area contributed by atoms with E-state index in [-0.39, 0.29) is 45.1 Å². The van der Waals surface area contributed by atoms with Crippen LogP contribution in [0.5, 0.6) is 0 Å². The Morgan fingerprint density at radius 3 is 2.30 bits per heavy atom. The molecule has 0 unspecified atom stereocenters. The Morgan fingerprint density at radius 1 is 0.875 bits per heavy atom. The van der Waals surface area contributed by atoms with Gasteiger partial charge in [0.25, 0.3) is 0 Å². The highest BCUT2D eigenvalue weighted by Crippen LogP contribution is 2.75. The van der Waals surface area contributed by atoms with E-state index >= 15 is 0 Å². The molecular formula is C37H54O3.